The van der Waals surface area contributed by atoms with Crippen LogP contribution in [0.3, 0.4) is 0 Å². The van der Waals surface area contributed by atoms with Gasteiger partial charge in [0.2, 0.25) is 10.0 Å². The van der Waals surface area contributed by atoms with Gasteiger partial charge in [-0.05, 0) is 17.4 Å². The van der Waals surface area contributed by atoms with E-state index in [0.29, 0.717) is 5.39 Å². The first kappa shape index (κ1) is 15.5. The summed E-state index contributed by atoms with van der Waals surface area (Å²) in [5.41, 5.74) is 0. The second kappa shape index (κ2) is 6.24. The van der Waals surface area contributed by atoms with Crippen LogP contribution in [0.4, 0.5) is 0 Å². The molecule has 0 amide bonds. The SMILES string of the molecule is CC(CNS(=O)(=O)c1cccc2ccccc12)CC(=O)O. The van der Waals surface area contributed by atoms with E-state index in [1.54, 1.807) is 31.2 Å². The maximum Gasteiger partial charge on any atom is 0.303 e. The van der Waals surface area contributed by atoms with Gasteiger partial charge in [-0.2, -0.15) is 0 Å². The lowest BCUT2D eigenvalue weighted by Crippen LogP contribution is -2.29. The molecule has 2 aromatic rings. The Bertz CT molecular complexity index is 750. The van der Waals surface area contributed by atoms with E-state index in [1.165, 1.54) is 0 Å². The van der Waals surface area contributed by atoms with Gasteiger partial charge in [-0.3, -0.25) is 4.79 Å². The minimum atomic E-state index is -3.66. The van der Waals surface area contributed by atoms with E-state index in [-0.39, 0.29) is 23.8 Å². The molecule has 21 heavy (non-hydrogen) atoms. The van der Waals surface area contributed by atoms with Crippen molar-refractivity contribution >= 4 is 26.8 Å². The molecule has 0 saturated heterocycles. The molecule has 0 aromatic heterocycles. The highest BCUT2D eigenvalue weighted by Gasteiger charge is 2.18. The van der Waals surface area contributed by atoms with Crippen molar-refractivity contribution in [1.82, 2.24) is 4.72 Å². The number of carboxylic acids is 1. The summed E-state index contributed by atoms with van der Waals surface area (Å²) in [6, 6.07) is 12.3. The molecule has 0 heterocycles. The van der Waals surface area contributed by atoms with Gasteiger partial charge >= 0.3 is 5.97 Å². The smallest absolute Gasteiger partial charge is 0.303 e. The molecule has 5 nitrogen and oxygen atoms in total. The molecule has 0 aliphatic carbocycles. The van der Waals surface area contributed by atoms with E-state index >= 15 is 0 Å². The first-order valence-corrected chi connectivity index (χ1v) is 8.07. The molecule has 2 N–H and O–H groups in total. The molecule has 0 spiro atoms. The van der Waals surface area contributed by atoms with E-state index < -0.39 is 16.0 Å². The molecule has 112 valence electrons. The lowest BCUT2D eigenvalue weighted by atomic mass is 10.1. The van der Waals surface area contributed by atoms with Gasteiger partial charge in [0, 0.05) is 18.4 Å². The van der Waals surface area contributed by atoms with Crippen LogP contribution in [0.2, 0.25) is 0 Å². The molecule has 0 aliphatic heterocycles. The Hall–Kier alpha value is -1.92. The first-order chi connectivity index (χ1) is 9.90. The van der Waals surface area contributed by atoms with Crippen LogP contribution in [0.1, 0.15) is 13.3 Å². The summed E-state index contributed by atoms with van der Waals surface area (Å²) in [7, 11) is -3.66. The van der Waals surface area contributed by atoms with Crippen molar-refractivity contribution in [3.8, 4) is 0 Å². The highest BCUT2D eigenvalue weighted by Crippen LogP contribution is 2.22. The van der Waals surface area contributed by atoms with Gasteiger partial charge in [-0.25, -0.2) is 13.1 Å². The zero-order chi connectivity index (χ0) is 15.5. The highest BCUT2D eigenvalue weighted by atomic mass is 32.2. The Morgan fingerprint density at radius 1 is 1.19 bits per heavy atom. The van der Waals surface area contributed by atoms with E-state index in [2.05, 4.69) is 4.72 Å². The second-order valence-electron chi connectivity index (χ2n) is 5.03. The molecule has 0 saturated carbocycles. The van der Waals surface area contributed by atoms with E-state index in [9.17, 15) is 13.2 Å². The summed E-state index contributed by atoms with van der Waals surface area (Å²) in [5, 5.41) is 10.2. The van der Waals surface area contributed by atoms with Crippen molar-refractivity contribution in [3.05, 3.63) is 42.5 Å². The molecule has 2 aromatic carbocycles. The predicted octanol–water partition coefficient (Wildman–Crippen LogP) is 2.23. The molecule has 0 bridgehead atoms. The van der Waals surface area contributed by atoms with Gasteiger partial charge in [0.05, 0.1) is 4.90 Å². The van der Waals surface area contributed by atoms with E-state index in [4.69, 9.17) is 5.11 Å². The predicted molar refractivity (Wildman–Crippen MR) is 80.6 cm³/mol. The minimum absolute atomic E-state index is 0.0714. The third kappa shape index (κ3) is 3.80. The number of rotatable bonds is 6. The number of benzene rings is 2. The Kier molecular flexibility index (Phi) is 4.59. The second-order valence-corrected chi connectivity index (χ2v) is 6.77. The fraction of sp³-hybridized carbons (Fsp3) is 0.267. The Morgan fingerprint density at radius 3 is 2.57 bits per heavy atom. The number of aliphatic carboxylic acids is 1. The van der Waals surface area contributed by atoms with E-state index in [0.717, 1.165) is 5.39 Å². The minimum Gasteiger partial charge on any atom is -0.481 e. The van der Waals surface area contributed by atoms with Crippen LogP contribution in [0.15, 0.2) is 47.4 Å². The molecular formula is C15H17NO4S. The standard InChI is InChI=1S/C15H17NO4S/c1-11(9-15(17)18)10-16-21(19,20)14-8-4-6-12-5-2-3-7-13(12)14/h2-8,11,16H,9-10H2,1H3,(H,17,18). The lowest BCUT2D eigenvalue weighted by molar-refractivity contribution is -0.137. The van der Waals surface area contributed by atoms with Gasteiger partial charge in [0.1, 0.15) is 0 Å². The molecule has 0 radical (unpaired) electrons. The maximum absolute atomic E-state index is 12.4. The van der Waals surface area contributed by atoms with Gasteiger partial charge < -0.3 is 5.11 Å². The average Bonchev–Trinajstić information content (AvgIpc) is 2.44. The number of carbonyl (C=O) groups is 1. The topological polar surface area (TPSA) is 83.5 Å². The third-order valence-corrected chi connectivity index (χ3v) is 4.67. The van der Waals surface area contributed by atoms with Crippen LogP contribution in [0.5, 0.6) is 0 Å². The normalized spacial score (nSPS) is 13.2. The quantitative estimate of drug-likeness (QED) is 0.857. The van der Waals surface area contributed by atoms with Crippen LogP contribution >= 0.6 is 0 Å². The molecule has 2 rings (SSSR count). The summed E-state index contributed by atoms with van der Waals surface area (Å²) >= 11 is 0. The van der Waals surface area contributed by atoms with Gasteiger partial charge in [0.25, 0.3) is 0 Å². The number of carboxylic acid groups (broad SMARTS) is 1. The van der Waals surface area contributed by atoms with Crippen LogP contribution in [0, 0.1) is 5.92 Å². The van der Waals surface area contributed by atoms with Crippen molar-refractivity contribution in [2.75, 3.05) is 6.54 Å². The van der Waals surface area contributed by atoms with Gasteiger partial charge in [-0.15, -0.1) is 0 Å². The maximum atomic E-state index is 12.4. The van der Waals surface area contributed by atoms with Crippen LogP contribution in [0.25, 0.3) is 10.8 Å². The molecule has 0 aliphatic rings. The number of hydrogen-bond acceptors (Lipinski definition) is 3. The molecular weight excluding hydrogens is 290 g/mol. The van der Waals surface area contributed by atoms with Crippen molar-refractivity contribution in [3.63, 3.8) is 0 Å². The lowest BCUT2D eigenvalue weighted by Gasteiger charge is -2.12. The monoisotopic (exact) mass is 307 g/mol. The Balaban J connectivity index is 2.24. The molecule has 0 fully saturated rings. The van der Waals surface area contributed by atoms with Gasteiger partial charge in [-0.1, -0.05) is 43.3 Å². The summed E-state index contributed by atoms with van der Waals surface area (Å²) in [5.74, 6) is -1.21. The fourth-order valence-corrected chi connectivity index (χ4v) is 3.52. The van der Waals surface area contributed by atoms with E-state index in [1.807, 2.05) is 18.2 Å². The molecule has 1 atom stereocenters. The molecule has 1 unspecified atom stereocenters. The largest absolute Gasteiger partial charge is 0.481 e. The summed E-state index contributed by atoms with van der Waals surface area (Å²) < 4.78 is 27.2. The number of nitrogens with one attached hydrogen (secondary N) is 1. The summed E-state index contributed by atoms with van der Waals surface area (Å²) in [4.78, 5) is 10.8. The average molecular weight is 307 g/mol. The van der Waals surface area contributed by atoms with Gasteiger partial charge in [0.15, 0.2) is 0 Å². The summed E-state index contributed by atoms with van der Waals surface area (Å²) in [6.07, 6.45) is -0.0714. The van der Waals surface area contributed by atoms with Crippen LogP contribution < -0.4 is 4.72 Å². The number of hydrogen-bond donors (Lipinski definition) is 2. The van der Waals surface area contributed by atoms with Crippen molar-refractivity contribution in [1.29, 1.82) is 0 Å². The highest BCUT2D eigenvalue weighted by molar-refractivity contribution is 7.89. The van der Waals surface area contributed by atoms with Crippen LogP contribution in [-0.2, 0) is 14.8 Å². The van der Waals surface area contributed by atoms with Crippen molar-refractivity contribution < 1.29 is 18.3 Å². The van der Waals surface area contributed by atoms with Crippen molar-refractivity contribution in [2.24, 2.45) is 5.92 Å². The Morgan fingerprint density at radius 2 is 1.86 bits per heavy atom. The number of fused-ring (bicyclic) bond motifs is 1. The van der Waals surface area contributed by atoms with Crippen molar-refractivity contribution in [2.45, 2.75) is 18.2 Å². The fourth-order valence-electron chi connectivity index (χ4n) is 2.13. The zero-order valence-corrected chi connectivity index (χ0v) is 12.4. The first-order valence-electron chi connectivity index (χ1n) is 6.59. The summed E-state index contributed by atoms with van der Waals surface area (Å²) in [6.45, 7) is 1.79. The van der Waals surface area contributed by atoms with Crippen LogP contribution in [-0.4, -0.2) is 26.0 Å². The Labute approximate surface area is 123 Å². The molecule has 6 heteroatoms. The third-order valence-electron chi connectivity index (χ3n) is 3.18. The zero-order valence-electron chi connectivity index (χ0n) is 11.6. The number of sulfonamides is 1.